The average molecular weight is 257 g/mol. The Balaban J connectivity index is 2.72. The van der Waals surface area contributed by atoms with Gasteiger partial charge in [-0.25, -0.2) is 0 Å². The Morgan fingerprint density at radius 3 is 2.65 bits per heavy atom. The highest BCUT2D eigenvalue weighted by atomic mass is 32.2. The summed E-state index contributed by atoms with van der Waals surface area (Å²) in [5.74, 6) is 0.344. The molecule has 4 nitrogen and oxygen atoms in total. The van der Waals surface area contributed by atoms with Crippen LogP contribution in [-0.4, -0.2) is 20.2 Å². The maximum atomic E-state index is 11.3. The number of hydrogen-bond donors (Lipinski definition) is 1. The summed E-state index contributed by atoms with van der Waals surface area (Å²) in [5.41, 5.74) is 1.00. The van der Waals surface area contributed by atoms with Gasteiger partial charge in [0.25, 0.3) is 0 Å². The fourth-order valence-corrected chi connectivity index (χ4v) is 1.75. The lowest BCUT2D eigenvalue weighted by Crippen LogP contribution is -2.21. The molecule has 0 saturated heterocycles. The van der Waals surface area contributed by atoms with E-state index in [2.05, 4.69) is 19.2 Å². The molecule has 1 rings (SSSR count). The maximum absolute atomic E-state index is 11.3. The second-order valence-corrected chi connectivity index (χ2v) is 5.97. The summed E-state index contributed by atoms with van der Waals surface area (Å²) < 4.78 is 27.6. The first kappa shape index (κ1) is 14.0. The van der Waals surface area contributed by atoms with Gasteiger partial charge in [0, 0.05) is 12.6 Å². The van der Waals surface area contributed by atoms with Crippen LogP contribution < -0.4 is 9.50 Å². The Bertz CT molecular complexity index is 455. The summed E-state index contributed by atoms with van der Waals surface area (Å²) in [4.78, 5) is 0. The molecule has 0 heterocycles. The van der Waals surface area contributed by atoms with Gasteiger partial charge in [-0.3, -0.25) is 0 Å². The molecule has 5 heteroatoms. The number of rotatable bonds is 6. The van der Waals surface area contributed by atoms with Crippen LogP contribution >= 0.6 is 0 Å². The van der Waals surface area contributed by atoms with Gasteiger partial charge in [0.1, 0.15) is 5.75 Å². The lowest BCUT2D eigenvalue weighted by atomic mass is 10.2. The van der Waals surface area contributed by atoms with E-state index in [0.717, 1.165) is 5.56 Å². The Kier molecular flexibility index (Phi) is 4.96. The summed E-state index contributed by atoms with van der Waals surface area (Å²) in [6.07, 6.45) is 0. The summed E-state index contributed by atoms with van der Waals surface area (Å²) in [7, 11) is -3.44. The highest BCUT2D eigenvalue weighted by Crippen LogP contribution is 2.15. The molecule has 0 aromatic heterocycles. The fraction of sp³-hybridized carbons (Fsp3) is 0.500. The quantitative estimate of drug-likeness (QED) is 0.791. The van der Waals surface area contributed by atoms with Crippen LogP contribution in [0.3, 0.4) is 0 Å². The Morgan fingerprint density at radius 2 is 2.06 bits per heavy atom. The van der Waals surface area contributed by atoms with E-state index in [0.29, 0.717) is 18.3 Å². The number of nitrogens with one attached hydrogen (secondary N) is 1. The van der Waals surface area contributed by atoms with Crippen molar-refractivity contribution in [2.24, 2.45) is 0 Å². The van der Waals surface area contributed by atoms with Gasteiger partial charge in [0.05, 0.1) is 5.75 Å². The van der Waals surface area contributed by atoms with Gasteiger partial charge in [0.2, 0.25) is 0 Å². The normalized spacial score (nSPS) is 11.8. The van der Waals surface area contributed by atoms with Gasteiger partial charge in [-0.1, -0.05) is 26.0 Å². The molecule has 1 N–H and O–H groups in total. The smallest absolute Gasteiger partial charge is 0.308 e. The van der Waals surface area contributed by atoms with E-state index in [1.807, 2.05) is 6.07 Å². The predicted molar refractivity (Wildman–Crippen MR) is 68.5 cm³/mol. The zero-order valence-corrected chi connectivity index (χ0v) is 11.3. The minimum absolute atomic E-state index is 0.0263. The monoisotopic (exact) mass is 257 g/mol. The van der Waals surface area contributed by atoms with E-state index in [-0.39, 0.29) is 5.75 Å². The van der Waals surface area contributed by atoms with Gasteiger partial charge in [-0.2, -0.15) is 8.42 Å². The van der Waals surface area contributed by atoms with Crippen LogP contribution in [0.25, 0.3) is 0 Å². The molecule has 0 aliphatic carbocycles. The Labute approximate surface area is 103 Å². The first-order chi connectivity index (χ1) is 7.93. The van der Waals surface area contributed by atoms with Crippen LogP contribution in [0.15, 0.2) is 24.3 Å². The van der Waals surface area contributed by atoms with Crippen LogP contribution in [0.5, 0.6) is 5.75 Å². The van der Waals surface area contributed by atoms with E-state index >= 15 is 0 Å². The maximum Gasteiger partial charge on any atom is 0.308 e. The van der Waals surface area contributed by atoms with Crippen LogP contribution in [0, 0.1) is 0 Å². The standard InChI is InChI=1S/C12H19NO3S/c1-4-17(14,15)16-12-7-5-6-11(8-12)9-13-10(2)3/h5-8,10,13H,4,9H2,1-3H3. The van der Waals surface area contributed by atoms with Gasteiger partial charge in [-0.15, -0.1) is 0 Å². The van der Waals surface area contributed by atoms with E-state index in [1.54, 1.807) is 25.1 Å². The Hall–Kier alpha value is -1.07. The molecular weight excluding hydrogens is 238 g/mol. The molecule has 0 spiro atoms. The van der Waals surface area contributed by atoms with E-state index in [1.165, 1.54) is 0 Å². The Morgan fingerprint density at radius 1 is 1.35 bits per heavy atom. The van der Waals surface area contributed by atoms with E-state index in [9.17, 15) is 8.42 Å². The highest BCUT2D eigenvalue weighted by molar-refractivity contribution is 7.87. The predicted octanol–water partition coefficient (Wildman–Crippen LogP) is 1.91. The minimum Gasteiger partial charge on any atom is -0.382 e. The summed E-state index contributed by atoms with van der Waals surface area (Å²) >= 11 is 0. The summed E-state index contributed by atoms with van der Waals surface area (Å²) in [6.45, 7) is 6.37. The van der Waals surface area contributed by atoms with Gasteiger partial charge in [-0.05, 0) is 24.6 Å². The van der Waals surface area contributed by atoms with Crippen LogP contribution in [0.1, 0.15) is 26.3 Å². The molecule has 0 fully saturated rings. The van der Waals surface area contributed by atoms with Gasteiger partial charge in [0.15, 0.2) is 0 Å². The van der Waals surface area contributed by atoms with Crippen LogP contribution in [0.4, 0.5) is 0 Å². The van der Waals surface area contributed by atoms with Crippen LogP contribution in [0.2, 0.25) is 0 Å². The average Bonchev–Trinajstić information content (AvgIpc) is 2.26. The molecule has 96 valence electrons. The SMILES string of the molecule is CCS(=O)(=O)Oc1cccc(CNC(C)C)c1. The number of benzene rings is 1. The second-order valence-electron chi connectivity index (χ2n) is 4.11. The molecule has 0 saturated carbocycles. The molecule has 1 aromatic carbocycles. The molecule has 0 unspecified atom stereocenters. The van der Waals surface area contributed by atoms with Gasteiger partial charge >= 0.3 is 10.1 Å². The first-order valence-electron chi connectivity index (χ1n) is 5.67. The molecule has 0 amide bonds. The van der Waals surface area contributed by atoms with Crippen molar-refractivity contribution in [1.29, 1.82) is 0 Å². The molecule has 0 aliphatic rings. The first-order valence-corrected chi connectivity index (χ1v) is 7.25. The molecule has 0 atom stereocenters. The lowest BCUT2D eigenvalue weighted by Gasteiger charge is -2.10. The molecule has 17 heavy (non-hydrogen) atoms. The zero-order chi connectivity index (χ0) is 12.9. The highest BCUT2D eigenvalue weighted by Gasteiger charge is 2.09. The summed E-state index contributed by atoms with van der Waals surface area (Å²) in [6, 6.07) is 7.49. The van der Waals surface area contributed by atoms with Crippen molar-refractivity contribution in [3.05, 3.63) is 29.8 Å². The number of hydrogen-bond acceptors (Lipinski definition) is 4. The van der Waals surface area contributed by atoms with E-state index < -0.39 is 10.1 Å². The topological polar surface area (TPSA) is 55.4 Å². The minimum atomic E-state index is -3.44. The van der Waals surface area contributed by atoms with Crippen LogP contribution in [-0.2, 0) is 16.7 Å². The van der Waals surface area contributed by atoms with Crippen molar-refractivity contribution in [1.82, 2.24) is 5.32 Å². The lowest BCUT2D eigenvalue weighted by molar-refractivity contribution is 0.486. The molecule has 0 radical (unpaired) electrons. The van der Waals surface area contributed by atoms with Gasteiger partial charge < -0.3 is 9.50 Å². The molecular formula is C12H19NO3S. The molecule has 0 bridgehead atoms. The summed E-state index contributed by atoms with van der Waals surface area (Å²) in [5, 5.41) is 3.26. The second kappa shape index (κ2) is 6.02. The molecule has 1 aromatic rings. The van der Waals surface area contributed by atoms with Crippen molar-refractivity contribution in [2.45, 2.75) is 33.4 Å². The fourth-order valence-electron chi connectivity index (χ4n) is 1.23. The third kappa shape index (κ3) is 5.19. The third-order valence-electron chi connectivity index (χ3n) is 2.19. The molecule has 0 aliphatic heterocycles. The van der Waals surface area contributed by atoms with E-state index in [4.69, 9.17) is 4.18 Å². The zero-order valence-electron chi connectivity index (χ0n) is 10.4. The van der Waals surface area contributed by atoms with Crippen molar-refractivity contribution < 1.29 is 12.6 Å². The van der Waals surface area contributed by atoms with Crippen molar-refractivity contribution in [3.63, 3.8) is 0 Å². The largest absolute Gasteiger partial charge is 0.382 e. The van der Waals surface area contributed by atoms with Crippen molar-refractivity contribution in [2.75, 3.05) is 5.75 Å². The van der Waals surface area contributed by atoms with Crippen molar-refractivity contribution in [3.8, 4) is 5.75 Å². The third-order valence-corrected chi connectivity index (χ3v) is 3.34. The van der Waals surface area contributed by atoms with Crippen molar-refractivity contribution >= 4 is 10.1 Å².